The summed E-state index contributed by atoms with van der Waals surface area (Å²) in [5, 5.41) is 3.32. The van der Waals surface area contributed by atoms with Gasteiger partial charge in [0.2, 0.25) is 0 Å². The second kappa shape index (κ2) is 11.9. The van der Waals surface area contributed by atoms with E-state index in [0.717, 1.165) is 38.6 Å². The average Bonchev–Trinajstić information content (AvgIpc) is 2.57. The van der Waals surface area contributed by atoms with Crippen molar-refractivity contribution in [1.82, 2.24) is 15.1 Å². The normalized spacial score (nSPS) is 15.8. The highest BCUT2D eigenvalue weighted by Gasteiger charge is 2.23. The molecule has 0 unspecified atom stereocenters. The summed E-state index contributed by atoms with van der Waals surface area (Å²) in [5.74, 6) is 1.56. The van der Waals surface area contributed by atoms with E-state index >= 15 is 0 Å². The molecule has 1 rings (SSSR count). The third kappa shape index (κ3) is 7.86. The first-order chi connectivity index (χ1) is 11.6. The van der Waals surface area contributed by atoms with Crippen LogP contribution in [0.2, 0.25) is 0 Å². The summed E-state index contributed by atoms with van der Waals surface area (Å²) in [6, 6.07) is 0. The minimum absolute atomic E-state index is 0.224. The van der Waals surface area contributed by atoms with Crippen LogP contribution in [0.1, 0.15) is 34.1 Å². The zero-order chi connectivity index (χ0) is 17.8. The molecule has 24 heavy (non-hydrogen) atoms. The number of rotatable bonds is 8. The number of hydrogen-bond acceptors (Lipinski definition) is 4. The molecular weight excluding hydrogens is 308 g/mol. The van der Waals surface area contributed by atoms with E-state index in [2.05, 4.69) is 36.0 Å². The van der Waals surface area contributed by atoms with E-state index in [1.807, 2.05) is 6.92 Å². The fourth-order valence-electron chi connectivity index (χ4n) is 2.38. The molecule has 1 amide bonds. The number of hydrogen-bond donors (Lipinski definition) is 1. The van der Waals surface area contributed by atoms with Gasteiger partial charge >= 0.3 is 6.09 Å². The smallest absolute Gasteiger partial charge is 0.409 e. The molecule has 0 spiro atoms. The van der Waals surface area contributed by atoms with Crippen LogP contribution in [0.3, 0.4) is 0 Å². The molecule has 1 heterocycles. The molecule has 0 saturated carbocycles. The Balaban J connectivity index is 2.37. The number of guanidine groups is 1. The van der Waals surface area contributed by atoms with E-state index in [4.69, 9.17) is 9.47 Å². The molecule has 1 saturated heterocycles. The van der Waals surface area contributed by atoms with Crippen LogP contribution in [0, 0.1) is 5.92 Å². The molecule has 1 N–H and O–H groups in total. The second-order valence-electron chi connectivity index (χ2n) is 6.20. The lowest BCUT2D eigenvalue weighted by atomic mass is 10.1. The van der Waals surface area contributed by atoms with Gasteiger partial charge in [-0.3, -0.25) is 4.99 Å². The maximum Gasteiger partial charge on any atom is 0.409 e. The predicted molar refractivity (Wildman–Crippen MR) is 96.4 cm³/mol. The van der Waals surface area contributed by atoms with Crippen LogP contribution in [0.15, 0.2) is 4.99 Å². The van der Waals surface area contributed by atoms with Crippen molar-refractivity contribution in [3.8, 4) is 0 Å². The van der Waals surface area contributed by atoms with Crippen molar-refractivity contribution in [3.63, 3.8) is 0 Å². The van der Waals surface area contributed by atoms with Gasteiger partial charge in [-0.15, -0.1) is 0 Å². The van der Waals surface area contributed by atoms with Crippen LogP contribution in [0.4, 0.5) is 4.79 Å². The Kier molecular flexibility index (Phi) is 10.2. The summed E-state index contributed by atoms with van der Waals surface area (Å²) in [4.78, 5) is 20.3. The van der Waals surface area contributed by atoms with E-state index in [1.54, 1.807) is 4.90 Å². The molecular formula is C17H34N4O3. The van der Waals surface area contributed by atoms with E-state index in [-0.39, 0.29) is 6.09 Å². The van der Waals surface area contributed by atoms with E-state index in [9.17, 15) is 4.79 Å². The number of nitrogens with zero attached hydrogens (tertiary/aromatic N) is 3. The predicted octanol–water partition coefficient (Wildman–Crippen LogP) is 1.79. The van der Waals surface area contributed by atoms with Crippen molar-refractivity contribution < 1.29 is 14.3 Å². The maximum atomic E-state index is 11.7. The third-order valence-electron chi connectivity index (χ3n) is 3.78. The number of nitrogens with one attached hydrogen (secondary N) is 1. The van der Waals surface area contributed by atoms with E-state index in [1.165, 1.54) is 0 Å². The summed E-state index contributed by atoms with van der Waals surface area (Å²) in [6.45, 7) is 14.5. The van der Waals surface area contributed by atoms with Crippen LogP contribution in [0.5, 0.6) is 0 Å². The first-order valence-electron chi connectivity index (χ1n) is 9.11. The highest BCUT2D eigenvalue weighted by Crippen LogP contribution is 2.04. The zero-order valence-corrected chi connectivity index (χ0v) is 15.7. The standard InChI is InChI=1S/C17H34N4O3/c1-5-18-16(19-8-14-23-13-7-15(3)4)20-9-11-21(12-10-20)17(22)24-6-2/h15H,5-14H2,1-4H3,(H,18,19). The van der Waals surface area contributed by atoms with Crippen LogP contribution >= 0.6 is 0 Å². The molecule has 0 aliphatic carbocycles. The van der Waals surface area contributed by atoms with Crippen molar-refractivity contribution in [2.45, 2.75) is 34.1 Å². The molecule has 0 radical (unpaired) electrons. The molecule has 0 aromatic carbocycles. The van der Waals surface area contributed by atoms with Gasteiger partial charge < -0.3 is 24.6 Å². The first kappa shape index (κ1) is 20.5. The van der Waals surface area contributed by atoms with Crippen LogP contribution < -0.4 is 5.32 Å². The Labute approximate surface area is 146 Å². The maximum absolute atomic E-state index is 11.7. The van der Waals surface area contributed by atoms with Gasteiger partial charge in [0.1, 0.15) is 0 Å². The van der Waals surface area contributed by atoms with Gasteiger partial charge in [-0.05, 0) is 26.2 Å². The second-order valence-corrected chi connectivity index (χ2v) is 6.20. The molecule has 140 valence electrons. The van der Waals surface area contributed by atoms with Crippen molar-refractivity contribution >= 4 is 12.1 Å². The Morgan fingerprint density at radius 1 is 1.12 bits per heavy atom. The van der Waals surface area contributed by atoms with Gasteiger partial charge in [-0.1, -0.05) is 13.8 Å². The number of ether oxygens (including phenoxy) is 2. The number of carbonyl (C=O) groups is 1. The third-order valence-corrected chi connectivity index (χ3v) is 3.78. The number of amides is 1. The fraction of sp³-hybridized carbons (Fsp3) is 0.882. The summed E-state index contributed by atoms with van der Waals surface area (Å²) in [7, 11) is 0. The topological polar surface area (TPSA) is 66.4 Å². The van der Waals surface area contributed by atoms with Crippen LogP contribution in [-0.4, -0.2) is 80.9 Å². The van der Waals surface area contributed by atoms with Gasteiger partial charge in [-0.2, -0.15) is 0 Å². The first-order valence-corrected chi connectivity index (χ1v) is 9.11. The van der Waals surface area contributed by atoms with Crippen molar-refractivity contribution in [2.24, 2.45) is 10.9 Å². The number of carbonyl (C=O) groups excluding carboxylic acids is 1. The van der Waals surface area contributed by atoms with Crippen molar-refractivity contribution in [2.75, 3.05) is 59.1 Å². The summed E-state index contributed by atoms with van der Waals surface area (Å²) in [6.07, 6.45) is 0.859. The van der Waals surface area contributed by atoms with Gasteiger partial charge in [-0.25, -0.2) is 4.79 Å². The van der Waals surface area contributed by atoms with E-state index in [0.29, 0.717) is 38.8 Å². The monoisotopic (exact) mass is 342 g/mol. The summed E-state index contributed by atoms with van der Waals surface area (Å²) < 4.78 is 10.7. The summed E-state index contributed by atoms with van der Waals surface area (Å²) in [5.41, 5.74) is 0. The molecule has 0 bridgehead atoms. The highest BCUT2D eigenvalue weighted by atomic mass is 16.6. The zero-order valence-electron chi connectivity index (χ0n) is 15.7. The Morgan fingerprint density at radius 3 is 2.38 bits per heavy atom. The molecule has 7 heteroatoms. The van der Waals surface area contributed by atoms with Crippen molar-refractivity contribution in [1.29, 1.82) is 0 Å². The average molecular weight is 342 g/mol. The number of piperazine rings is 1. The van der Waals surface area contributed by atoms with Gasteiger partial charge in [0.25, 0.3) is 0 Å². The molecule has 0 aromatic rings. The highest BCUT2D eigenvalue weighted by molar-refractivity contribution is 5.80. The quantitative estimate of drug-likeness (QED) is 0.414. The molecule has 7 nitrogen and oxygen atoms in total. The Morgan fingerprint density at radius 2 is 1.79 bits per heavy atom. The lowest BCUT2D eigenvalue weighted by molar-refractivity contribution is 0.0913. The molecule has 0 aromatic heterocycles. The SMILES string of the molecule is CCNC(=NCCOCCC(C)C)N1CCN(C(=O)OCC)CC1. The Bertz CT molecular complexity index is 380. The Hall–Kier alpha value is -1.50. The lowest BCUT2D eigenvalue weighted by Gasteiger charge is -2.35. The molecule has 0 atom stereocenters. The van der Waals surface area contributed by atoms with Crippen LogP contribution in [0.25, 0.3) is 0 Å². The molecule has 1 fully saturated rings. The minimum atomic E-state index is -0.224. The van der Waals surface area contributed by atoms with Gasteiger partial charge in [0.05, 0.1) is 19.8 Å². The number of aliphatic imine (C=N–C) groups is 1. The summed E-state index contributed by atoms with van der Waals surface area (Å²) >= 11 is 0. The largest absolute Gasteiger partial charge is 0.450 e. The van der Waals surface area contributed by atoms with Gasteiger partial charge in [0, 0.05) is 39.3 Å². The fourth-order valence-corrected chi connectivity index (χ4v) is 2.38. The van der Waals surface area contributed by atoms with E-state index < -0.39 is 0 Å². The van der Waals surface area contributed by atoms with Gasteiger partial charge in [0.15, 0.2) is 5.96 Å². The van der Waals surface area contributed by atoms with Crippen LogP contribution in [-0.2, 0) is 9.47 Å². The lowest BCUT2D eigenvalue weighted by Crippen LogP contribution is -2.54. The molecule has 1 aliphatic heterocycles. The van der Waals surface area contributed by atoms with Crippen molar-refractivity contribution in [3.05, 3.63) is 0 Å². The molecule has 1 aliphatic rings. The minimum Gasteiger partial charge on any atom is -0.450 e.